The van der Waals surface area contributed by atoms with Gasteiger partial charge >= 0.3 is 0 Å². The molecule has 1 atom stereocenters. The maximum absolute atomic E-state index is 6.04. The molecule has 0 unspecified atom stereocenters. The lowest BCUT2D eigenvalue weighted by molar-refractivity contribution is 0.257. The first-order chi connectivity index (χ1) is 11.1. The number of aromatic nitrogens is 2. The number of hydrazine groups is 1. The minimum atomic E-state index is 0.273. The summed E-state index contributed by atoms with van der Waals surface area (Å²) in [6, 6.07) is 7.53. The molecule has 1 aliphatic heterocycles. The van der Waals surface area contributed by atoms with Crippen molar-refractivity contribution in [3.8, 4) is 0 Å². The summed E-state index contributed by atoms with van der Waals surface area (Å²) in [6.07, 6.45) is 3.79. The number of hydrogen-bond donors (Lipinski definition) is 3. The van der Waals surface area contributed by atoms with Crippen molar-refractivity contribution in [1.29, 1.82) is 0 Å². The highest BCUT2D eigenvalue weighted by molar-refractivity contribution is 6.35. The summed E-state index contributed by atoms with van der Waals surface area (Å²) in [5.74, 6) is 1.02. The summed E-state index contributed by atoms with van der Waals surface area (Å²) in [5, 5.41) is 6.77. The second-order valence-corrected chi connectivity index (χ2v) is 6.37. The largest absolute Gasteiger partial charge is 0.368 e. The molecule has 2 aromatic rings. The van der Waals surface area contributed by atoms with Crippen LogP contribution in [0.15, 0.2) is 30.5 Å². The second-order valence-electron chi connectivity index (χ2n) is 5.50. The first-order valence-electron chi connectivity index (χ1n) is 7.41. The summed E-state index contributed by atoms with van der Waals surface area (Å²) in [6.45, 7) is 1.78. The van der Waals surface area contributed by atoms with Crippen LogP contribution < -0.4 is 16.5 Å². The highest BCUT2D eigenvalue weighted by Gasteiger charge is 2.20. The number of benzene rings is 1. The maximum atomic E-state index is 6.04. The van der Waals surface area contributed by atoms with Crippen LogP contribution in [0, 0.1) is 0 Å². The molecule has 1 aliphatic rings. The molecule has 4 N–H and O–H groups in total. The van der Waals surface area contributed by atoms with Crippen LogP contribution in [0.25, 0.3) is 0 Å². The van der Waals surface area contributed by atoms with Gasteiger partial charge in [0.25, 0.3) is 0 Å². The summed E-state index contributed by atoms with van der Waals surface area (Å²) in [4.78, 5) is 8.08. The van der Waals surface area contributed by atoms with E-state index in [-0.39, 0.29) is 12.0 Å². The van der Waals surface area contributed by atoms with Crippen LogP contribution in [-0.4, -0.2) is 34.1 Å². The van der Waals surface area contributed by atoms with Gasteiger partial charge in [-0.05, 0) is 37.1 Å². The number of nitrogens with one attached hydrogen (secondary N) is 2. The Morgan fingerprint density at radius 3 is 2.74 bits per heavy atom. The van der Waals surface area contributed by atoms with Crippen molar-refractivity contribution in [2.75, 3.05) is 29.6 Å². The lowest BCUT2D eigenvalue weighted by atomic mass is 10.1. The predicted molar refractivity (Wildman–Crippen MR) is 94.7 cm³/mol. The van der Waals surface area contributed by atoms with Crippen LogP contribution in [0.2, 0.25) is 10.0 Å². The topological polar surface area (TPSA) is 79.1 Å². The molecule has 0 bridgehead atoms. The van der Waals surface area contributed by atoms with Gasteiger partial charge in [0.1, 0.15) is 5.82 Å². The van der Waals surface area contributed by atoms with E-state index >= 15 is 0 Å². The average molecular weight is 353 g/mol. The number of halogens is 2. The summed E-state index contributed by atoms with van der Waals surface area (Å²) in [7, 11) is 0. The van der Waals surface area contributed by atoms with Crippen molar-refractivity contribution in [3.05, 3.63) is 40.5 Å². The molecule has 0 aliphatic carbocycles. The van der Waals surface area contributed by atoms with Crippen LogP contribution in [0.4, 0.5) is 17.5 Å². The molecule has 1 aromatic heterocycles. The Hall–Kier alpha value is -1.76. The monoisotopic (exact) mass is 352 g/mol. The van der Waals surface area contributed by atoms with E-state index in [9.17, 15) is 0 Å². The minimum absolute atomic E-state index is 0.273. The molecule has 1 fully saturated rings. The Balaban J connectivity index is 1.61. The van der Waals surface area contributed by atoms with Gasteiger partial charge in [0, 0.05) is 35.4 Å². The third-order valence-electron chi connectivity index (χ3n) is 3.60. The van der Waals surface area contributed by atoms with Gasteiger partial charge < -0.3 is 16.5 Å². The number of nitrogens with two attached hydrogens (primary N) is 1. The van der Waals surface area contributed by atoms with E-state index in [4.69, 9.17) is 28.9 Å². The molecule has 1 saturated heterocycles. The zero-order chi connectivity index (χ0) is 16.2. The zero-order valence-electron chi connectivity index (χ0n) is 12.5. The normalized spacial score (nSPS) is 18.6. The van der Waals surface area contributed by atoms with E-state index in [1.54, 1.807) is 12.3 Å². The molecule has 3 rings (SSSR count). The van der Waals surface area contributed by atoms with E-state index in [0.717, 1.165) is 37.4 Å². The quantitative estimate of drug-likeness (QED) is 0.783. The summed E-state index contributed by atoms with van der Waals surface area (Å²) in [5.41, 5.74) is 9.85. The van der Waals surface area contributed by atoms with Crippen molar-refractivity contribution < 1.29 is 0 Å². The fraction of sp³-hybridized carbons (Fsp3) is 0.333. The van der Waals surface area contributed by atoms with Crippen LogP contribution in [-0.2, 0) is 0 Å². The van der Waals surface area contributed by atoms with Crippen LogP contribution in [0.3, 0.4) is 0 Å². The predicted octanol–water partition coefficient (Wildman–Crippen LogP) is 3.27. The highest BCUT2D eigenvalue weighted by atomic mass is 35.5. The molecule has 23 heavy (non-hydrogen) atoms. The Bertz CT molecular complexity index is 661. The van der Waals surface area contributed by atoms with Crippen molar-refractivity contribution in [2.45, 2.75) is 18.9 Å². The van der Waals surface area contributed by atoms with Crippen molar-refractivity contribution in [2.24, 2.45) is 0 Å². The second kappa shape index (κ2) is 7.21. The number of piperidine rings is 1. The zero-order valence-corrected chi connectivity index (χ0v) is 14.0. The lowest BCUT2D eigenvalue weighted by Gasteiger charge is -2.34. The number of hydrogen-bond acceptors (Lipinski definition) is 6. The molecule has 6 nitrogen and oxygen atoms in total. The molecule has 1 aromatic carbocycles. The van der Waals surface area contributed by atoms with Gasteiger partial charge in [0.05, 0.1) is 5.69 Å². The molecular weight excluding hydrogens is 335 g/mol. The van der Waals surface area contributed by atoms with Gasteiger partial charge in [-0.1, -0.05) is 23.2 Å². The Kier molecular flexibility index (Phi) is 5.05. The Labute approximate surface area is 145 Å². The first-order valence-corrected chi connectivity index (χ1v) is 8.17. The fourth-order valence-corrected chi connectivity index (χ4v) is 3.19. The molecule has 0 saturated carbocycles. The number of nitrogens with zero attached hydrogens (tertiary/aromatic N) is 3. The van der Waals surface area contributed by atoms with Crippen LogP contribution in [0.5, 0.6) is 0 Å². The highest BCUT2D eigenvalue weighted by Crippen LogP contribution is 2.24. The Morgan fingerprint density at radius 1 is 1.22 bits per heavy atom. The maximum Gasteiger partial charge on any atom is 0.221 e. The fourth-order valence-electron chi connectivity index (χ4n) is 2.66. The Morgan fingerprint density at radius 2 is 2.00 bits per heavy atom. The molecule has 122 valence electrons. The third-order valence-corrected chi connectivity index (χ3v) is 4.03. The van der Waals surface area contributed by atoms with Gasteiger partial charge in [-0.3, -0.25) is 0 Å². The van der Waals surface area contributed by atoms with Crippen molar-refractivity contribution >= 4 is 40.7 Å². The smallest absolute Gasteiger partial charge is 0.221 e. The molecule has 0 amide bonds. The SMILES string of the molecule is Nc1nccc(N[C@H]2CCCN(Nc3cc(Cl)cc(Cl)c3)C2)n1. The van der Waals surface area contributed by atoms with Gasteiger partial charge in [-0.15, -0.1) is 0 Å². The van der Waals surface area contributed by atoms with Gasteiger partial charge in [-0.25, -0.2) is 9.99 Å². The minimum Gasteiger partial charge on any atom is -0.368 e. The molecule has 0 radical (unpaired) electrons. The van der Waals surface area contributed by atoms with E-state index in [1.165, 1.54) is 0 Å². The first kappa shape index (κ1) is 16.1. The standard InChI is InChI=1S/C15H18Cl2N6/c16-10-6-11(17)8-13(7-10)22-23-5-1-2-12(9-23)20-14-3-4-19-15(18)21-14/h3-4,6-8,12,22H,1-2,5,9H2,(H3,18,19,20,21)/t12-/m0/s1. The molecule has 2 heterocycles. The van der Waals surface area contributed by atoms with Crippen molar-refractivity contribution in [3.63, 3.8) is 0 Å². The van der Waals surface area contributed by atoms with E-state index in [1.807, 2.05) is 18.2 Å². The van der Waals surface area contributed by atoms with Gasteiger partial charge in [0.15, 0.2) is 0 Å². The van der Waals surface area contributed by atoms with Gasteiger partial charge in [-0.2, -0.15) is 4.98 Å². The van der Waals surface area contributed by atoms with Crippen LogP contribution >= 0.6 is 23.2 Å². The van der Waals surface area contributed by atoms with E-state index in [0.29, 0.717) is 10.0 Å². The summed E-state index contributed by atoms with van der Waals surface area (Å²) < 4.78 is 0. The molecule has 0 spiro atoms. The summed E-state index contributed by atoms with van der Waals surface area (Å²) >= 11 is 12.1. The average Bonchev–Trinajstić information content (AvgIpc) is 2.46. The lowest BCUT2D eigenvalue weighted by Crippen LogP contribution is -2.45. The number of rotatable bonds is 4. The van der Waals surface area contributed by atoms with E-state index in [2.05, 4.69) is 25.7 Å². The number of nitrogen functional groups attached to an aromatic ring is 1. The number of anilines is 3. The van der Waals surface area contributed by atoms with Gasteiger partial charge in [0.2, 0.25) is 5.95 Å². The molecular formula is C15H18Cl2N6. The van der Waals surface area contributed by atoms with Crippen LogP contribution in [0.1, 0.15) is 12.8 Å². The van der Waals surface area contributed by atoms with E-state index < -0.39 is 0 Å². The molecule has 8 heteroatoms. The van der Waals surface area contributed by atoms with Crippen molar-refractivity contribution in [1.82, 2.24) is 15.0 Å². The third kappa shape index (κ3) is 4.60.